The molecule has 4 aliphatic rings. The molecule has 9 unspecified atom stereocenters. The quantitative estimate of drug-likeness (QED) is 0.634. The number of hydrogen-bond acceptors (Lipinski definition) is 5. The van der Waals surface area contributed by atoms with Gasteiger partial charge >= 0.3 is 0 Å². The van der Waals surface area contributed by atoms with Gasteiger partial charge in [-0.3, -0.25) is 16.0 Å². The topological polar surface area (TPSA) is 48.6 Å². The molecule has 2 saturated heterocycles. The van der Waals surface area contributed by atoms with Crippen molar-refractivity contribution in [1.29, 1.82) is 0 Å². The van der Waals surface area contributed by atoms with E-state index in [0.717, 1.165) is 38.8 Å². The summed E-state index contributed by atoms with van der Waals surface area (Å²) in [5, 5.41) is 9.67. The number of alkyl halides is 2. The fourth-order valence-electron chi connectivity index (χ4n) is 5.46. The van der Waals surface area contributed by atoms with Crippen LogP contribution in [-0.2, 0) is 4.74 Å². The van der Waals surface area contributed by atoms with Gasteiger partial charge in [0.25, 0.3) is 0 Å². The number of nitrogens with one attached hydrogen (secondary N) is 3. The molecule has 5 nitrogen and oxygen atoms in total. The number of nitrogens with zero attached hydrogens (tertiary/aromatic N) is 1. The van der Waals surface area contributed by atoms with Crippen LogP contribution in [0.1, 0.15) is 40.9 Å². The Bertz CT molecular complexity index is 597. The van der Waals surface area contributed by atoms with Gasteiger partial charge in [0.05, 0.1) is 6.10 Å². The van der Waals surface area contributed by atoms with Crippen LogP contribution in [0, 0.1) is 11.8 Å². The van der Waals surface area contributed by atoms with Gasteiger partial charge < -0.3 is 9.64 Å². The maximum absolute atomic E-state index is 15.9. The summed E-state index contributed by atoms with van der Waals surface area (Å²) in [5.74, 6) is 0.149. The molecule has 0 bridgehead atoms. The third kappa shape index (κ3) is 4.15. The Hall–Kier alpha value is -0.600. The van der Waals surface area contributed by atoms with Crippen molar-refractivity contribution in [3.05, 3.63) is 11.6 Å². The minimum Gasteiger partial charge on any atom is -0.377 e. The van der Waals surface area contributed by atoms with Crippen LogP contribution in [0.4, 0.5) is 8.78 Å². The van der Waals surface area contributed by atoms with Crippen molar-refractivity contribution in [2.75, 3.05) is 26.7 Å². The Morgan fingerprint density at radius 2 is 2.11 bits per heavy atom. The Morgan fingerprint density at radius 1 is 1.29 bits per heavy atom. The molecule has 1 saturated carbocycles. The lowest BCUT2D eigenvalue weighted by Gasteiger charge is -2.45. The zero-order valence-corrected chi connectivity index (χ0v) is 17.0. The SMILES string of the molecule is [2H]CC1NC(NC2CC3CCOC3C(C3=CCN(C)CCC3)C2F)NC(C)C1F. The van der Waals surface area contributed by atoms with E-state index in [1.54, 1.807) is 6.92 Å². The molecule has 7 heteroatoms. The molecule has 0 spiro atoms. The van der Waals surface area contributed by atoms with Crippen molar-refractivity contribution in [2.45, 2.75) is 82.4 Å². The van der Waals surface area contributed by atoms with Gasteiger partial charge in [-0.2, -0.15) is 0 Å². The number of rotatable bonds is 3. The van der Waals surface area contributed by atoms with Crippen LogP contribution in [0.25, 0.3) is 0 Å². The van der Waals surface area contributed by atoms with E-state index in [9.17, 15) is 4.39 Å². The highest BCUT2D eigenvalue weighted by atomic mass is 19.1. The van der Waals surface area contributed by atoms with Gasteiger partial charge in [-0.05, 0) is 59.0 Å². The lowest BCUT2D eigenvalue weighted by molar-refractivity contribution is -0.0274. The molecule has 0 radical (unpaired) electrons. The van der Waals surface area contributed by atoms with E-state index >= 15 is 4.39 Å². The van der Waals surface area contributed by atoms with Gasteiger partial charge in [0, 0.05) is 38.6 Å². The molecule has 4 rings (SSSR count). The summed E-state index contributed by atoms with van der Waals surface area (Å²) >= 11 is 0. The molecule has 3 heterocycles. The smallest absolute Gasteiger partial charge is 0.130 e. The summed E-state index contributed by atoms with van der Waals surface area (Å²) in [5.41, 5.74) is 1.20. The van der Waals surface area contributed by atoms with Crippen LogP contribution in [0.5, 0.6) is 0 Å². The molecule has 9 atom stereocenters. The predicted octanol–water partition coefficient (Wildman–Crippen LogP) is 1.95. The van der Waals surface area contributed by atoms with Crippen molar-refractivity contribution in [3.8, 4) is 0 Å². The highest BCUT2D eigenvalue weighted by molar-refractivity contribution is 5.18. The average molecular weight is 400 g/mol. The number of halogens is 2. The molecular formula is C21H36F2N4O. The van der Waals surface area contributed by atoms with Crippen LogP contribution in [-0.4, -0.2) is 74.5 Å². The second-order valence-corrected chi connectivity index (χ2v) is 9.11. The largest absolute Gasteiger partial charge is 0.377 e. The van der Waals surface area contributed by atoms with Crippen molar-refractivity contribution < 1.29 is 14.9 Å². The van der Waals surface area contributed by atoms with E-state index in [2.05, 4.69) is 34.0 Å². The average Bonchev–Trinajstić information content (AvgIpc) is 3.05. The molecule has 3 fully saturated rings. The molecule has 0 aromatic heterocycles. The number of ether oxygens (including phenoxy) is 1. The molecule has 0 aromatic rings. The minimum atomic E-state index is -1.12. The van der Waals surface area contributed by atoms with E-state index < -0.39 is 18.4 Å². The van der Waals surface area contributed by atoms with Crippen molar-refractivity contribution in [2.24, 2.45) is 11.8 Å². The second-order valence-electron chi connectivity index (χ2n) is 9.11. The summed E-state index contributed by atoms with van der Waals surface area (Å²) in [7, 11) is 2.11. The van der Waals surface area contributed by atoms with E-state index in [0.29, 0.717) is 12.5 Å². The maximum atomic E-state index is 15.9. The second kappa shape index (κ2) is 8.64. The summed E-state index contributed by atoms with van der Waals surface area (Å²) < 4.78 is 43.8. The Kier molecular flexibility index (Phi) is 5.98. The van der Waals surface area contributed by atoms with E-state index in [1.807, 2.05) is 0 Å². The number of likely N-dealkylation sites (N-methyl/N-ethyl adjacent to an activating group) is 1. The van der Waals surface area contributed by atoms with E-state index in [4.69, 9.17) is 6.11 Å². The first-order valence-corrected chi connectivity index (χ1v) is 10.8. The van der Waals surface area contributed by atoms with Crippen LogP contribution < -0.4 is 16.0 Å². The highest BCUT2D eigenvalue weighted by Gasteiger charge is 2.50. The van der Waals surface area contributed by atoms with Gasteiger partial charge in [-0.1, -0.05) is 11.6 Å². The molecule has 0 aromatic carbocycles. The van der Waals surface area contributed by atoms with Crippen molar-refractivity contribution >= 4 is 0 Å². The van der Waals surface area contributed by atoms with Gasteiger partial charge in [-0.25, -0.2) is 8.78 Å². The van der Waals surface area contributed by atoms with E-state index in [1.165, 1.54) is 5.57 Å². The highest BCUT2D eigenvalue weighted by Crippen LogP contribution is 2.44. The van der Waals surface area contributed by atoms with Gasteiger partial charge in [0.2, 0.25) is 0 Å². The summed E-state index contributed by atoms with van der Waals surface area (Å²) in [4.78, 5) is 2.28. The normalized spacial score (nSPS) is 48.5. The van der Waals surface area contributed by atoms with Crippen molar-refractivity contribution in [3.63, 3.8) is 0 Å². The molecule has 3 aliphatic heterocycles. The third-order valence-electron chi connectivity index (χ3n) is 7.05. The van der Waals surface area contributed by atoms with Crippen LogP contribution in [0.3, 0.4) is 0 Å². The lowest BCUT2D eigenvalue weighted by atomic mass is 9.71. The van der Waals surface area contributed by atoms with Crippen LogP contribution in [0.2, 0.25) is 0 Å². The maximum Gasteiger partial charge on any atom is 0.130 e. The van der Waals surface area contributed by atoms with Crippen LogP contribution in [0.15, 0.2) is 11.6 Å². The van der Waals surface area contributed by atoms with Crippen LogP contribution >= 0.6 is 0 Å². The van der Waals surface area contributed by atoms with Gasteiger partial charge in [0.1, 0.15) is 18.6 Å². The lowest BCUT2D eigenvalue weighted by Crippen LogP contribution is -2.70. The van der Waals surface area contributed by atoms with Gasteiger partial charge in [0.15, 0.2) is 0 Å². The third-order valence-corrected chi connectivity index (χ3v) is 7.05. The molecule has 160 valence electrons. The molecular weight excluding hydrogens is 362 g/mol. The monoisotopic (exact) mass is 399 g/mol. The number of hydrogen-bond donors (Lipinski definition) is 3. The first kappa shape index (κ1) is 19.4. The molecule has 0 amide bonds. The number of fused-ring (bicyclic) bond motifs is 1. The first-order valence-electron chi connectivity index (χ1n) is 11.5. The van der Waals surface area contributed by atoms with E-state index in [-0.39, 0.29) is 37.3 Å². The summed E-state index contributed by atoms with van der Waals surface area (Å²) in [6.45, 7) is 4.36. The molecule has 28 heavy (non-hydrogen) atoms. The molecule has 1 aliphatic carbocycles. The Labute approximate surface area is 169 Å². The Morgan fingerprint density at radius 3 is 2.93 bits per heavy atom. The predicted molar refractivity (Wildman–Crippen MR) is 106 cm³/mol. The fourth-order valence-corrected chi connectivity index (χ4v) is 5.46. The Balaban J connectivity index is 1.49. The molecule has 3 N–H and O–H groups in total. The van der Waals surface area contributed by atoms with Gasteiger partial charge in [-0.15, -0.1) is 0 Å². The minimum absolute atomic E-state index is 0.0277. The standard InChI is InChI=1S/C21H36F2N4O/c1-12-18(22)13(2)25-21(24-12)26-16-11-15-7-10-28-20(15)17(19(16)23)14-5-4-8-27(3)9-6-14/h6,12-13,15-21,24-26H,4-5,7-11H2,1-3H3/i1D. The summed E-state index contributed by atoms with van der Waals surface area (Å²) in [6.07, 6.45) is 3.33. The zero-order valence-electron chi connectivity index (χ0n) is 18.0. The zero-order chi connectivity index (χ0) is 20.5. The first-order chi connectivity index (χ1) is 14.0. The summed E-state index contributed by atoms with van der Waals surface area (Å²) in [6, 6.07) is -1.22. The van der Waals surface area contributed by atoms with Crippen molar-refractivity contribution in [1.82, 2.24) is 20.9 Å². The fraction of sp³-hybridized carbons (Fsp3) is 0.905.